The summed E-state index contributed by atoms with van der Waals surface area (Å²) in [4.78, 5) is 47.0. The third-order valence-corrected chi connectivity index (χ3v) is 6.98. The highest BCUT2D eigenvalue weighted by atomic mass is 16.5. The molecule has 1 saturated heterocycles. The van der Waals surface area contributed by atoms with Crippen molar-refractivity contribution in [1.82, 2.24) is 20.1 Å². The van der Waals surface area contributed by atoms with Gasteiger partial charge >= 0.3 is 0 Å². The fraction of sp³-hybridized carbons (Fsp3) is 0.462. The molecule has 1 N–H and O–H groups in total. The number of aromatic nitrogens is 1. The number of carbonyl (C=O) groups excluding carboxylic acids is 3. The predicted octanol–water partition coefficient (Wildman–Crippen LogP) is 2.76. The molecule has 2 bridgehead atoms. The molecular weight excluding hydrogens is 432 g/mol. The molecule has 3 amide bonds. The summed E-state index contributed by atoms with van der Waals surface area (Å²) in [5, 5.41) is 2.84. The lowest BCUT2D eigenvalue weighted by molar-refractivity contribution is -0.133. The first-order valence-electron chi connectivity index (χ1n) is 12.0. The number of piperidine rings is 1. The second-order valence-corrected chi connectivity index (χ2v) is 8.99. The van der Waals surface area contributed by atoms with E-state index in [9.17, 15) is 14.4 Å². The van der Waals surface area contributed by atoms with E-state index in [0.717, 1.165) is 19.3 Å². The number of fused-ring (bicyclic) bond motifs is 9. The summed E-state index contributed by atoms with van der Waals surface area (Å²) < 4.78 is 6.01. The average Bonchev–Trinajstić information content (AvgIpc) is 2.90. The normalized spacial score (nSPS) is 18.8. The van der Waals surface area contributed by atoms with Crippen molar-refractivity contribution in [2.45, 2.75) is 32.1 Å². The summed E-state index contributed by atoms with van der Waals surface area (Å²) in [6, 6.07) is 10.7. The van der Waals surface area contributed by atoms with Crippen molar-refractivity contribution in [3.05, 3.63) is 59.9 Å². The Morgan fingerprint density at radius 2 is 1.79 bits per heavy atom. The van der Waals surface area contributed by atoms with E-state index in [1.165, 1.54) is 0 Å². The molecule has 0 aliphatic carbocycles. The molecule has 8 heteroatoms. The highest BCUT2D eigenvalue weighted by molar-refractivity contribution is 5.97. The maximum atomic E-state index is 13.3. The molecule has 1 fully saturated rings. The first kappa shape index (κ1) is 23.7. The first-order chi connectivity index (χ1) is 16.5. The number of benzene rings is 1. The van der Waals surface area contributed by atoms with E-state index in [-0.39, 0.29) is 24.3 Å². The van der Waals surface area contributed by atoms with Crippen LogP contribution in [-0.4, -0.2) is 72.3 Å². The second kappa shape index (κ2) is 10.7. The molecule has 8 nitrogen and oxygen atoms in total. The minimum Gasteiger partial charge on any atom is -0.491 e. The van der Waals surface area contributed by atoms with Crippen LogP contribution in [0.2, 0.25) is 0 Å². The van der Waals surface area contributed by atoms with Gasteiger partial charge in [0, 0.05) is 39.1 Å². The van der Waals surface area contributed by atoms with Gasteiger partial charge in [-0.05, 0) is 49.9 Å². The van der Waals surface area contributed by atoms with Crippen LogP contribution in [0.15, 0.2) is 48.8 Å². The summed E-state index contributed by atoms with van der Waals surface area (Å²) in [6.07, 6.45) is 6.79. The van der Waals surface area contributed by atoms with Crippen LogP contribution in [0.5, 0.6) is 5.75 Å². The Bertz CT molecular complexity index is 1020. The Labute approximate surface area is 200 Å². The Balaban J connectivity index is 1.60. The molecular formula is C26H32N4O4. The largest absolute Gasteiger partial charge is 0.491 e. The number of nitrogens with zero attached hydrogens (tertiary/aromatic N) is 3. The van der Waals surface area contributed by atoms with Crippen molar-refractivity contribution >= 4 is 17.7 Å². The van der Waals surface area contributed by atoms with Crippen LogP contribution in [0.25, 0.3) is 0 Å². The van der Waals surface area contributed by atoms with Gasteiger partial charge in [-0.1, -0.05) is 18.6 Å². The highest BCUT2D eigenvalue weighted by Gasteiger charge is 2.41. The highest BCUT2D eigenvalue weighted by Crippen LogP contribution is 2.38. The summed E-state index contributed by atoms with van der Waals surface area (Å²) in [5.74, 6) is 0.368. The van der Waals surface area contributed by atoms with Crippen molar-refractivity contribution in [2.24, 2.45) is 5.41 Å². The summed E-state index contributed by atoms with van der Waals surface area (Å²) >= 11 is 0. The Kier molecular flexibility index (Phi) is 7.45. The van der Waals surface area contributed by atoms with Crippen molar-refractivity contribution in [3.63, 3.8) is 0 Å². The van der Waals surface area contributed by atoms with Gasteiger partial charge in [0.15, 0.2) is 0 Å². The van der Waals surface area contributed by atoms with Gasteiger partial charge in [0.25, 0.3) is 11.8 Å². The summed E-state index contributed by atoms with van der Waals surface area (Å²) in [5.41, 5.74) is 0.555. The van der Waals surface area contributed by atoms with Gasteiger partial charge in [0.2, 0.25) is 5.91 Å². The molecule has 2 aromatic rings. The Morgan fingerprint density at radius 3 is 2.53 bits per heavy atom. The van der Waals surface area contributed by atoms with Crippen molar-refractivity contribution in [3.8, 4) is 5.75 Å². The van der Waals surface area contributed by atoms with Gasteiger partial charge in [0.05, 0.1) is 23.1 Å². The van der Waals surface area contributed by atoms with Crippen molar-refractivity contribution in [2.75, 3.05) is 39.8 Å². The number of ether oxygens (including phenoxy) is 1. The zero-order chi connectivity index (χ0) is 24.0. The molecule has 0 spiro atoms. The van der Waals surface area contributed by atoms with Gasteiger partial charge < -0.3 is 19.9 Å². The van der Waals surface area contributed by atoms with E-state index in [4.69, 9.17) is 4.74 Å². The molecule has 0 saturated carbocycles. The lowest BCUT2D eigenvalue weighted by atomic mass is 9.73. The van der Waals surface area contributed by atoms with Gasteiger partial charge in [-0.2, -0.15) is 0 Å². The van der Waals surface area contributed by atoms with Crippen LogP contribution in [0.1, 0.15) is 52.8 Å². The number of hydrogen-bond acceptors (Lipinski definition) is 5. The van der Waals surface area contributed by atoms with E-state index >= 15 is 0 Å². The topological polar surface area (TPSA) is 91.8 Å². The molecule has 1 aromatic heterocycles. The zero-order valence-electron chi connectivity index (χ0n) is 19.7. The number of rotatable bonds is 2. The predicted molar refractivity (Wildman–Crippen MR) is 128 cm³/mol. The van der Waals surface area contributed by atoms with E-state index in [2.05, 4.69) is 10.3 Å². The standard InChI is InChI=1S/C26H32N4O4/c1-27-25(33)26-10-4-5-14-29(23(31)20-7-6-13-28-19-20)17-18-34-22-9-3-2-8-21(22)24(32)30(15-11-26)16-12-26/h2-3,6-9,13,19H,4-5,10-12,14-18H2,1H3,(H,27,33). The van der Waals surface area contributed by atoms with Crippen LogP contribution < -0.4 is 10.1 Å². The fourth-order valence-electron chi connectivity index (χ4n) is 4.95. The van der Waals surface area contributed by atoms with Gasteiger partial charge in [-0.15, -0.1) is 0 Å². The number of pyridine rings is 1. The zero-order valence-corrected chi connectivity index (χ0v) is 19.7. The molecule has 3 aliphatic rings. The van der Waals surface area contributed by atoms with Crippen molar-refractivity contribution in [1.29, 1.82) is 0 Å². The van der Waals surface area contributed by atoms with Gasteiger partial charge in [0.1, 0.15) is 12.4 Å². The first-order valence-corrected chi connectivity index (χ1v) is 12.0. The molecule has 5 rings (SSSR count). The number of nitrogens with one attached hydrogen (secondary N) is 1. The van der Waals surface area contributed by atoms with E-state index < -0.39 is 5.41 Å². The molecule has 0 radical (unpaired) electrons. The summed E-state index contributed by atoms with van der Waals surface area (Å²) in [6.45, 7) is 2.30. The number of hydrogen-bond donors (Lipinski definition) is 1. The van der Waals surface area contributed by atoms with E-state index in [1.807, 2.05) is 17.0 Å². The third-order valence-electron chi connectivity index (χ3n) is 6.98. The summed E-state index contributed by atoms with van der Waals surface area (Å²) in [7, 11) is 1.67. The fourth-order valence-corrected chi connectivity index (χ4v) is 4.95. The number of carbonyl (C=O) groups is 3. The number of para-hydroxylation sites is 1. The maximum absolute atomic E-state index is 13.3. The average molecular weight is 465 g/mol. The van der Waals surface area contributed by atoms with Gasteiger partial charge in [-0.3, -0.25) is 19.4 Å². The Morgan fingerprint density at radius 1 is 1.00 bits per heavy atom. The van der Waals surface area contributed by atoms with Crippen molar-refractivity contribution < 1.29 is 19.1 Å². The molecule has 180 valence electrons. The third kappa shape index (κ3) is 5.05. The van der Waals surface area contributed by atoms with E-state index in [1.54, 1.807) is 48.6 Å². The monoisotopic (exact) mass is 464 g/mol. The van der Waals surface area contributed by atoms with E-state index in [0.29, 0.717) is 55.9 Å². The molecule has 1 aromatic carbocycles. The quantitative estimate of drug-likeness (QED) is 0.738. The second-order valence-electron chi connectivity index (χ2n) is 8.99. The molecule has 0 atom stereocenters. The molecule has 34 heavy (non-hydrogen) atoms. The lowest BCUT2D eigenvalue weighted by Gasteiger charge is -2.40. The minimum absolute atomic E-state index is 0.0379. The van der Waals surface area contributed by atoms with Gasteiger partial charge in [-0.25, -0.2) is 0 Å². The minimum atomic E-state index is -0.486. The maximum Gasteiger partial charge on any atom is 0.257 e. The van der Waals surface area contributed by atoms with Crippen LogP contribution in [-0.2, 0) is 4.79 Å². The lowest BCUT2D eigenvalue weighted by Crippen LogP contribution is -2.49. The molecule has 4 heterocycles. The number of amides is 3. The Hall–Kier alpha value is -3.42. The van der Waals surface area contributed by atoms with Crippen LogP contribution in [0.4, 0.5) is 0 Å². The smallest absolute Gasteiger partial charge is 0.257 e. The van der Waals surface area contributed by atoms with Crippen LogP contribution >= 0.6 is 0 Å². The van der Waals surface area contributed by atoms with Crippen LogP contribution in [0.3, 0.4) is 0 Å². The van der Waals surface area contributed by atoms with Crippen LogP contribution in [0, 0.1) is 5.41 Å². The molecule has 0 unspecified atom stereocenters. The molecule has 3 aliphatic heterocycles. The SMILES string of the molecule is CNC(=O)C12CCCCN(C(=O)c3cccnc3)CCOc3ccccc3C(=O)N(CC1)CC2.